The van der Waals surface area contributed by atoms with Crippen molar-refractivity contribution in [1.29, 1.82) is 5.41 Å². The summed E-state index contributed by atoms with van der Waals surface area (Å²) in [6, 6.07) is 7.75. The van der Waals surface area contributed by atoms with Crippen LogP contribution in [0.5, 0.6) is 17.2 Å². The van der Waals surface area contributed by atoms with Crippen LogP contribution in [-0.4, -0.2) is 33.6 Å². The van der Waals surface area contributed by atoms with E-state index >= 15 is 0 Å². The van der Waals surface area contributed by atoms with E-state index < -0.39 is 5.60 Å². The highest BCUT2D eigenvalue weighted by atomic mass is 32.2. The molecular formula is C24H28N2O4S. The number of nitrogens with one attached hydrogen (secondary N) is 2. The first-order valence-corrected chi connectivity index (χ1v) is 11.3. The Morgan fingerprint density at radius 2 is 1.94 bits per heavy atom. The Hall–Kier alpha value is -2.67. The molecule has 6 nitrogen and oxygen atoms in total. The van der Waals surface area contributed by atoms with Crippen molar-refractivity contribution in [3.63, 3.8) is 0 Å². The van der Waals surface area contributed by atoms with Crippen LogP contribution in [0.15, 0.2) is 24.3 Å². The molecule has 2 atom stereocenters. The molecule has 1 saturated heterocycles. The van der Waals surface area contributed by atoms with Crippen LogP contribution < -0.4 is 14.8 Å². The highest BCUT2D eigenvalue weighted by molar-refractivity contribution is 8.15. The van der Waals surface area contributed by atoms with Gasteiger partial charge in [0.1, 0.15) is 29.5 Å². The number of hydrogen-bond acceptors (Lipinski definition) is 6. The average molecular weight is 441 g/mol. The summed E-state index contributed by atoms with van der Waals surface area (Å²) in [5.74, 6) is 1.89. The Kier molecular flexibility index (Phi) is 5.64. The Balaban J connectivity index is 1.41. The van der Waals surface area contributed by atoms with Crippen LogP contribution in [0.2, 0.25) is 0 Å². The highest BCUT2D eigenvalue weighted by Crippen LogP contribution is 2.43. The molecule has 0 saturated carbocycles. The molecule has 0 aromatic heterocycles. The van der Waals surface area contributed by atoms with Crippen LogP contribution in [-0.2, 0) is 17.6 Å². The van der Waals surface area contributed by atoms with Gasteiger partial charge in [-0.15, -0.1) is 0 Å². The Morgan fingerprint density at radius 1 is 1.23 bits per heavy atom. The second-order valence-corrected chi connectivity index (χ2v) is 9.86. The van der Waals surface area contributed by atoms with Gasteiger partial charge in [-0.1, -0.05) is 23.9 Å². The number of hydrogen-bond donors (Lipinski definition) is 3. The molecule has 31 heavy (non-hydrogen) atoms. The first kappa shape index (κ1) is 21.6. The van der Waals surface area contributed by atoms with Gasteiger partial charge in [-0.3, -0.25) is 10.2 Å². The Morgan fingerprint density at radius 3 is 2.58 bits per heavy atom. The second-order valence-electron chi connectivity index (χ2n) is 8.64. The number of amidine groups is 1. The van der Waals surface area contributed by atoms with Crippen LogP contribution >= 0.6 is 11.8 Å². The third-order valence-corrected chi connectivity index (χ3v) is 7.27. The quantitative estimate of drug-likeness (QED) is 0.648. The predicted molar refractivity (Wildman–Crippen MR) is 123 cm³/mol. The van der Waals surface area contributed by atoms with Gasteiger partial charge in [0.25, 0.3) is 0 Å². The van der Waals surface area contributed by atoms with Crippen LogP contribution in [0.3, 0.4) is 0 Å². The molecule has 7 heteroatoms. The van der Waals surface area contributed by atoms with Crippen LogP contribution in [0, 0.1) is 26.2 Å². The van der Waals surface area contributed by atoms with Crippen molar-refractivity contribution in [2.75, 3.05) is 6.61 Å². The first-order valence-electron chi connectivity index (χ1n) is 10.5. The zero-order valence-electron chi connectivity index (χ0n) is 18.3. The fraction of sp³-hybridized carbons (Fsp3) is 0.417. The fourth-order valence-corrected chi connectivity index (χ4v) is 5.01. The summed E-state index contributed by atoms with van der Waals surface area (Å²) in [5.41, 5.74) is 4.41. The van der Waals surface area contributed by atoms with Gasteiger partial charge in [-0.05, 0) is 81.3 Å². The third-order valence-electron chi connectivity index (χ3n) is 6.27. The van der Waals surface area contributed by atoms with Gasteiger partial charge in [-0.2, -0.15) is 0 Å². The molecule has 2 heterocycles. The first-order chi connectivity index (χ1) is 14.7. The van der Waals surface area contributed by atoms with Crippen molar-refractivity contribution in [2.24, 2.45) is 0 Å². The predicted octanol–water partition coefficient (Wildman–Crippen LogP) is 4.19. The third kappa shape index (κ3) is 4.24. The molecule has 0 bridgehead atoms. The molecule has 2 aromatic carbocycles. The molecule has 2 aliphatic heterocycles. The number of ether oxygens (including phenoxy) is 2. The minimum atomic E-state index is -0.453. The number of benzene rings is 2. The zero-order chi connectivity index (χ0) is 22.3. The molecule has 3 N–H and O–H groups in total. The van der Waals surface area contributed by atoms with Crippen molar-refractivity contribution in [3.05, 3.63) is 52.1 Å². The maximum absolute atomic E-state index is 11.8. The summed E-state index contributed by atoms with van der Waals surface area (Å²) in [7, 11) is 0. The van der Waals surface area contributed by atoms with E-state index in [1.54, 1.807) is 0 Å². The van der Waals surface area contributed by atoms with E-state index in [1.165, 1.54) is 11.8 Å². The smallest absolute Gasteiger partial charge is 0.239 e. The molecular weight excluding hydrogens is 412 g/mol. The lowest BCUT2D eigenvalue weighted by Gasteiger charge is -2.37. The number of fused-ring (bicyclic) bond motifs is 1. The van der Waals surface area contributed by atoms with E-state index in [9.17, 15) is 9.90 Å². The SMILES string of the molecule is Cc1c(C)c2c(c(C)c1O)CCC(C)(COc1ccc(CC3SC(=N)NC3=O)cc1)O2. The topological polar surface area (TPSA) is 91.6 Å². The van der Waals surface area contributed by atoms with Crippen molar-refractivity contribution in [1.82, 2.24) is 5.32 Å². The van der Waals surface area contributed by atoms with Gasteiger partial charge in [0.05, 0.1) is 5.25 Å². The van der Waals surface area contributed by atoms with Crippen molar-refractivity contribution < 1.29 is 19.4 Å². The van der Waals surface area contributed by atoms with Crippen LogP contribution in [0.4, 0.5) is 0 Å². The van der Waals surface area contributed by atoms with Gasteiger partial charge in [0.2, 0.25) is 5.91 Å². The minimum absolute atomic E-state index is 0.105. The number of aromatic hydroxyl groups is 1. The lowest BCUT2D eigenvalue weighted by Crippen LogP contribution is -2.42. The van der Waals surface area contributed by atoms with Gasteiger partial charge in [-0.25, -0.2) is 0 Å². The van der Waals surface area contributed by atoms with Gasteiger partial charge >= 0.3 is 0 Å². The molecule has 164 valence electrons. The number of phenolic OH excluding ortho intramolecular Hbond substituents is 1. The number of carbonyl (C=O) groups excluding carboxylic acids is 1. The summed E-state index contributed by atoms with van der Waals surface area (Å²) in [5, 5.41) is 20.4. The van der Waals surface area contributed by atoms with Crippen LogP contribution in [0.1, 0.15) is 41.2 Å². The van der Waals surface area contributed by atoms with Gasteiger partial charge in [0.15, 0.2) is 5.17 Å². The lowest BCUT2D eigenvalue weighted by atomic mass is 9.87. The number of carbonyl (C=O) groups is 1. The number of amides is 1. The summed E-state index contributed by atoms with van der Waals surface area (Å²) in [6.07, 6.45) is 2.23. The number of phenols is 1. The Labute approximate surface area is 186 Å². The molecule has 2 aromatic rings. The largest absolute Gasteiger partial charge is 0.507 e. The number of rotatable bonds is 5. The van der Waals surface area contributed by atoms with E-state index in [2.05, 4.69) is 12.2 Å². The van der Waals surface area contributed by atoms with Crippen molar-refractivity contribution in [2.45, 2.75) is 57.8 Å². The molecule has 0 aliphatic carbocycles. The fourth-order valence-electron chi connectivity index (χ4n) is 4.12. The van der Waals surface area contributed by atoms with E-state index in [1.807, 2.05) is 45.0 Å². The molecule has 4 rings (SSSR count). The lowest BCUT2D eigenvalue weighted by molar-refractivity contribution is -0.118. The van der Waals surface area contributed by atoms with Crippen molar-refractivity contribution >= 4 is 22.8 Å². The van der Waals surface area contributed by atoms with Crippen molar-refractivity contribution in [3.8, 4) is 17.2 Å². The molecule has 1 amide bonds. The van der Waals surface area contributed by atoms with Crippen LogP contribution in [0.25, 0.3) is 0 Å². The van der Waals surface area contributed by atoms with Gasteiger partial charge in [0, 0.05) is 5.56 Å². The standard InChI is InChI=1S/C24H28N2O4S/c1-13-14(2)21-18(15(3)20(13)27)9-10-24(4,30-21)12-29-17-7-5-16(6-8-17)11-19-22(28)26-23(25)31-19/h5-8,19,27H,9-12H2,1-4H3,(H2,25,26,28). The maximum atomic E-state index is 11.8. The zero-order valence-corrected chi connectivity index (χ0v) is 19.1. The summed E-state index contributed by atoms with van der Waals surface area (Å²) < 4.78 is 12.5. The van der Waals surface area contributed by atoms with E-state index in [4.69, 9.17) is 14.9 Å². The summed E-state index contributed by atoms with van der Waals surface area (Å²) in [4.78, 5) is 11.8. The monoisotopic (exact) mass is 440 g/mol. The number of thioether (sulfide) groups is 1. The molecule has 0 radical (unpaired) electrons. The van der Waals surface area contributed by atoms with Gasteiger partial charge < -0.3 is 19.9 Å². The average Bonchev–Trinajstić information content (AvgIpc) is 3.06. The Bertz CT molecular complexity index is 1050. The molecule has 0 spiro atoms. The summed E-state index contributed by atoms with van der Waals surface area (Å²) in [6.45, 7) is 8.33. The second kappa shape index (κ2) is 8.11. The highest BCUT2D eigenvalue weighted by Gasteiger charge is 2.35. The van der Waals surface area contributed by atoms with E-state index in [-0.39, 0.29) is 16.3 Å². The molecule has 2 unspecified atom stereocenters. The maximum Gasteiger partial charge on any atom is 0.239 e. The molecule has 2 aliphatic rings. The summed E-state index contributed by atoms with van der Waals surface area (Å²) >= 11 is 1.26. The minimum Gasteiger partial charge on any atom is -0.507 e. The van der Waals surface area contributed by atoms with E-state index in [0.29, 0.717) is 18.8 Å². The normalized spacial score (nSPS) is 22.6. The molecule has 1 fully saturated rings. The van der Waals surface area contributed by atoms with E-state index in [0.717, 1.165) is 52.2 Å².